The molecule has 3 aromatic carbocycles. The number of aromatic nitrogens is 3. The number of nitrogens with zero attached hydrogens (tertiary/aromatic N) is 3. The quantitative estimate of drug-likeness (QED) is 0.314. The molecule has 0 spiro atoms. The minimum Gasteiger partial charge on any atom is -0.290 e. The van der Waals surface area contributed by atoms with Crippen molar-refractivity contribution in [3.05, 3.63) is 77.9 Å². The van der Waals surface area contributed by atoms with Gasteiger partial charge < -0.3 is 0 Å². The molecule has 0 amide bonds. The second-order valence-electron chi connectivity index (χ2n) is 6.46. The zero-order chi connectivity index (χ0) is 17.3. The van der Waals surface area contributed by atoms with Crippen molar-refractivity contribution in [3.8, 4) is 0 Å². The van der Waals surface area contributed by atoms with E-state index < -0.39 is 0 Å². The molecule has 0 saturated heterocycles. The third-order valence-corrected chi connectivity index (χ3v) is 5.37. The lowest BCUT2D eigenvalue weighted by atomic mass is 10.0. The van der Waals surface area contributed by atoms with Crippen molar-refractivity contribution in [3.63, 3.8) is 0 Å². The van der Waals surface area contributed by atoms with Crippen LogP contribution < -0.4 is 0 Å². The molecular formula is C22H12ClN3. The van der Waals surface area contributed by atoms with E-state index in [1.54, 1.807) is 0 Å². The minimum atomic E-state index is 0.737. The van der Waals surface area contributed by atoms with Gasteiger partial charge >= 0.3 is 0 Å². The van der Waals surface area contributed by atoms with Crippen LogP contribution in [0.25, 0.3) is 49.3 Å². The Labute approximate surface area is 153 Å². The Morgan fingerprint density at radius 3 is 2.46 bits per heavy atom. The Hall–Kier alpha value is -3.17. The van der Waals surface area contributed by atoms with Crippen molar-refractivity contribution in [1.82, 2.24) is 14.4 Å². The first-order valence-electron chi connectivity index (χ1n) is 8.48. The van der Waals surface area contributed by atoms with E-state index in [4.69, 9.17) is 16.6 Å². The summed E-state index contributed by atoms with van der Waals surface area (Å²) in [5, 5.41) is 4.99. The van der Waals surface area contributed by atoms with Gasteiger partial charge in [-0.25, -0.2) is 4.98 Å². The number of fused-ring (bicyclic) bond motifs is 10. The van der Waals surface area contributed by atoms with Crippen LogP contribution in [0, 0.1) is 0 Å². The maximum atomic E-state index is 6.61. The molecule has 6 aromatic rings. The van der Waals surface area contributed by atoms with Crippen molar-refractivity contribution >= 4 is 60.9 Å². The van der Waals surface area contributed by atoms with E-state index in [0.717, 1.165) is 54.3 Å². The number of para-hydroxylation sites is 2. The Morgan fingerprint density at radius 1 is 0.769 bits per heavy atom. The number of hydrogen-bond acceptors (Lipinski definition) is 2. The number of rotatable bonds is 0. The number of pyridine rings is 2. The molecular weight excluding hydrogens is 342 g/mol. The van der Waals surface area contributed by atoms with Gasteiger partial charge in [0.25, 0.3) is 0 Å². The summed E-state index contributed by atoms with van der Waals surface area (Å²) in [4.78, 5) is 9.65. The van der Waals surface area contributed by atoms with Gasteiger partial charge in [0.05, 0.1) is 22.1 Å². The van der Waals surface area contributed by atoms with Gasteiger partial charge in [-0.3, -0.25) is 9.38 Å². The molecule has 0 unspecified atom stereocenters. The SMILES string of the molecule is Clc1cc2c3ncccc3n3c4ccccc4nc3c2c2ccccc12. The number of hydrogen-bond donors (Lipinski definition) is 0. The van der Waals surface area contributed by atoms with Crippen LogP contribution in [-0.4, -0.2) is 14.4 Å². The second-order valence-corrected chi connectivity index (χ2v) is 6.86. The molecule has 3 aromatic heterocycles. The van der Waals surface area contributed by atoms with E-state index in [1.165, 1.54) is 0 Å². The average Bonchev–Trinajstić information content (AvgIpc) is 3.08. The minimum absolute atomic E-state index is 0.737. The van der Waals surface area contributed by atoms with E-state index in [2.05, 4.69) is 39.7 Å². The summed E-state index contributed by atoms with van der Waals surface area (Å²) in [6.07, 6.45) is 1.83. The van der Waals surface area contributed by atoms with Crippen LogP contribution in [0.2, 0.25) is 5.02 Å². The third-order valence-electron chi connectivity index (χ3n) is 5.06. The summed E-state index contributed by atoms with van der Waals surface area (Å²) < 4.78 is 2.21. The number of benzene rings is 3. The number of halogens is 1. The molecule has 0 atom stereocenters. The maximum Gasteiger partial charge on any atom is 0.147 e. The third kappa shape index (κ3) is 1.68. The lowest BCUT2D eigenvalue weighted by Crippen LogP contribution is -1.94. The second kappa shape index (κ2) is 4.93. The zero-order valence-electron chi connectivity index (χ0n) is 13.6. The molecule has 0 saturated carbocycles. The Bertz CT molecular complexity index is 1500. The highest BCUT2D eigenvalue weighted by atomic mass is 35.5. The van der Waals surface area contributed by atoms with Crippen LogP contribution in [0.5, 0.6) is 0 Å². The molecule has 26 heavy (non-hydrogen) atoms. The van der Waals surface area contributed by atoms with Crippen LogP contribution >= 0.6 is 11.6 Å². The summed E-state index contributed by atoms with van der Waals surface area (Å²) in [6, 6.07) is 22.5. The predicted octanol–water partition coefficient (Wildman–Crippen LogP) is 6.00. The van der Waals surface area contributed by atoms with Gasteiger partial charge in [0.2, 0.25) is 0 Å². The van der Waals surface area contributed by atoms with Gasteiger partial charge in [-0.15, -0.1) is 0 Å². The highest BCUT2D eigenvalue weighted by Gasteiger charge is 2.17. The summed E-state index contributed by atoms with van der Waals surface area (Å²) in [5.74, 6) is 0. The molecule has 0 aliphatic heterocycles. The molecule has 0 N–H and O–H groups in total. The molecule has 122 valence electrons. The fourth-order valence-corrected chi connectivity index (χ4v) is 4.25. The summed E-state index contributed by atoms with van der Waals surface area (Å²) in [7, 11) is 0. The molecule has 4 heteroatoms. The van der Waals surface area contributed by atoms with Gasteiger partial charge in [-0.2, -0.15) is 0 Å². The molecule has 3 heterocycles. The molecule has 0 radical (unpaired) electrons. The number of imidazole rings is 1. The molecule has 0 aliphatic carbocycles. The highest BCUT2D eigenvalue weighted by molar-refractivity contribution is 6.39. The molecule has 0 aliphatic rings. The topological polar surface area (TPSA) is 30.2 Å². The standard InChI is InChI=1S/C22H12ClN3/c23-16-12-15-20(14-7-2-1-6-13(14)16)22-25-17-8-3-4-9-18(17)26(22)19-10-5-11-24-21(15)19/h1-12H. The Kier molecular flexibility index (Phi) is 2.66. The summed E-state index contributed by atoms with van der Waals surface area (Å²) in [6.45, 7) is 0. The van der Waals surface area contributed by atoms with Gasteiger partial charge in [0.15, 0.2) is 0 Å². The monoisotopic (exact) mass is 353 g/mol. The van der Waals surface area contributed by atoms with Crippen LogP contribution in [-0.2, 0) is 0 Å². The largest absolute Gasteiger partial charge is 0.290 e. The van der Waals surface area contributed by atoms with E-state index in [9.17, 15) is 0 Å². The molecule has 3 nitrogen and oxygen atoms in total. The van der Waals surface area contributed by atoms with Crippen molar-refractivity contribution in [2.45, 2.75) is 0 Å². The van der Waals surface area contributed by atoms with Gasteiger partial charge in [0.1, 0.15) is 5.65 Å². The normalized spacial score (nSPS) is 12.0. The van der Waals surface area contributed by atoms with Gasteiger partial charge in [-0.1, -0.05) is 48.0 Å². The van der Waals surface area contributed by atoms with Crippen molar-refractivity contribution in [2.75, 3.05) is 0 Å². The maximum absolute atomic E-state index is 6.61. The first kappa shape index (κ1) is 14.0. The van der Waals surface area contributed by atoms with Crippen LogP contribution in [0.15, 0.2) is 72.9 Å². The van der Waals surface area contributed by atoms with Crippen LogP contribution in [0.3, 0.4) is 0 Å². The average molecular weight is 354 g/mol. The molecule has 0 bridgehead atoms. The van der Waals surface area contributed by atoms with Crippen molar-refractivity contribution < 1.29 is 0 Å². The summed E-state index contributed by atoms with van der Waals surface area (Å²) in [5.41, 5.74) is 4.97. The van der Waals surface area contributed by atoms with E-state index >= 15 is 0 Å². The van der Waals surface area contributed by atoms with E-state index in [1.807, 2.05) is 42.6 Å². The fourth-order valence-electron chi connectivity index (χ4n) is 3.98. The lowest BCUT2D eigenvalue weighted by Gasteiger charge is -2.11. The van der Waals surface area contributed by atoms with Crippen molar-refractivity contribution in [1.29, 1.82) is 0 Å². The van der Waals surface area contributed by atoms with E-state index in [0.29, 0.717) is 0 Å². The first-order valence-corrected chi connectivity index (χ1v) is 8.85. The summed E-state index contributed by atoms with van der Waals surface area (Å²) >= 11 is 6.61. The van der Waals surface area contributed by atoms with E-state index in [-0.39, 0.29) is 0 Å². The Balaban J connectivity index is 2.08. The first-order chi connectivity index (χ1) is 12.8. The van der Waals surface area contributed by atoms with Crippen LogP contribution in [0.1, 0.15) is 0 Å². The highest BCUT2D eigenvalue weighted by Crippen LogP contribution is 2.38. The Morgan fingerprint density at radius 2 is 1.54 bits per heavy atom. The lowest BCUT2D eigenvalue weighted by molar-refractivity contribution is 1.29. The van der Waals surface area contributed by atoms with Gasteiger partial charge in [0, 0.05) is 27.4 Å². The smallest absolute Gasteiger partial charge is 0.147 e. The predicted molar refractivity (Wildman–Crippen MR) is 108 cm³/mol. The van der Waals surface area contributed by atoms with Gasteiger partial charge in [-0.05, 0) is 35.7 Å². The molecule has 0 fully saturated rings. The fraction of sp³-hybridized carbons (Fsp3) is 0. The molecule has 6 rings (SSSR count). The van der Waals surface area contributed by atoms with Crippen molar-refractivity contribution in [2.24, 2.45) is 0 Å². The zero-order valence-corrected chi connectivity index (χ0v) is 14.4. The van der Waals surface area contributed by atoms with Crippen LogP contribution in [0.4, 0.5) is 0 Å².